The van der Waals surface area contributed by atoms with Crippen LogP contribution in [0.4, 0.5) is 15.9 Å². The number of aromatic nitrogens is 2. The molecule has 0 spiro atoms. The Bertz CT molecular complexity index is 1050. The van der Waals surface area contributed by atoms with Gasteiger partial charge in [-0.15, -0.1) is 0 Å². The highest BCUT2D eigenvalue weighted by molar-refractivity contribution is 9.10. The molecular weight excluding hydrogens is 427 g/mol. The number of halogens is 2. The van der Waals surface area contributed by atoms with Crippen molar-refractivity contribution in [1.82, 2.24) is 9.97 Å². The molecule has 3 aromatic rings. The molecule has 1 aliphatic rings. The van der Waals surface area contributed by atoms with Crippen LogP contribution >= 0.6 is 15.9 Å². The van der Waals surface area contributed by atoms with Crippen molar-refractivity contribution in [3.8, 4) is 0 Å². The number of carbonyl (C=O) groups excluding carboxylic acids is 1. The first-order chi connectivity index (χ1) is 13.4. The summed E-state index contributed by atoms with van der Waals surface area (Å²) in [5.74, 6) is 0.698. The smallest absolute Gasteiger partial charge is 0.231 e. The lowest BCUT2D eigenvalue weighted by molar-refractivity contribution is -0.120. The minimum Gasteiger partial charge on any atom is -0.443 e. The Balaban J connectivity index is 1.56. The molecule has 2 aromatic heterocycles. The highest BCUT2D eigenvalue weighted by Gasteiger charge is 2.29. The summed E-state index contributed by atoms with van der Waals surface area (Å²) in [6, 6.07) is 4.60. The van der Waals surface area contributed by atoms with Crippen LogP contribution in [0, 0.1) is 25.6 Å². The third kappa shape index (κ3) is 3.48. The monoisotopic (exact) mass is 446 g/mol. The Morgan fingerprint density at radius 1 is 1.36 bits per heavy atom. The third-order valence-electron chi connectivity index (χ3n) is 5.23. The molecule has 28 heavy (non-hydrogen) atoms. The van der Waals surface area contributed by atoms with Gasteiger partial charge in [0.15, 0.2) is 0 Å². The van der Waals surface area contributed by atoms with Gasteiger partial charge in [0.1, 0.15) is 23.7 Å². The molecule has 3 heterocycles. The van der Waals surface area contributed by atoms with Gasteiger partial charge < -0.3 is 14.6 Å². The minimum atomic E-state index is -0.461. The predicted molar refractivity (Wildman–Crippen MR) is 109 cm³/mol. The lowest BCUT2D eigenvalue weighted by Gasteiger charge is -2.33. The van der Waals surface area contributed by atoms with E-state index in [4.69, 9.17) is 4.42 Å². The molecule has 146 valence electrons. The minimum absolute atomic E-state index is 0.184. The van der Waals surface area contributed by atoms with Gasteiger partial charge in [-0.3, -0.25) is 4.79 Å². The molecule has 1 saturated heterocycles. The van der Waals surface area contributed by atoms with Gasteiger partial charge in [0.2, 0.25) is 11.6 Å². The maximum absolute atomic E-state index is 14.1. The second kappa shape index (κ2) is 7.50. The summed E-state index contributed by atoms with van der Waals surface area (Å²) >= 11 is 3.22. The maximum atomic E-state index is 14.1. The van der Waals surface area contributed by atoms with E-state index in [1.165, 1.54) is 12.4 Å². The first-order valence-electron chi connectivity index (χ1n) is 9.15. The fourth-order valence-corrected chi connectivity index (χ4v) is 3.95. The predicted octanol–water partition coefficient (Wildman–Crippen LogP) is 4.60. The number of nitrogens with zero attached hydrogens (tertiary/aromatic N) is 3. The highest BCUT2D eigenvalue weighted by atomic mass is 79.9. The molecule has 1 N–H and O–H groups in total. The first-order valence-corrected chi connectivity index (χ1v) is 9.95. The number of amides is 1. The van der Waals surface area contributed by atoms with Crippen LogP contribution in [0.1, 0.15) is 24.2 Å². The van der Waals surface area contributed by atoms with Gasteiger partial charge in [0.05, 0.1) is 17.0 Å². The fourth-order valence-electron chi connectivity index (χ4n) is 3.61. The number of hydrogen-bond acceptors (Lipinski definition) is 5. The zero-order valence-electron chi connectivity index (χ0n) is 15.6. The SMILES string of the molecule is Cc1oc2ncnc(N3CCC[C@H](C(=O)Nc4ccc(Br)cc4F)C3)c2c1C. The van der Waals surface area contributed by atoms with Crippen LogP contribution in [0.5, 0.6) is 0 Å². The van der Waals surface area contributed by atoms with E-state index in [1.54, 1.807) is 12.1 Å². The van der Waals surface area contributed by atoms with Gasteiger partial charge in [0, 0.05) is 23.1 Å². The lowest BCUT2D eigenvalue weighted by Crippen LogP contribution is -2.41. The van der Waals surface area contributed by atoms with E-state index in [0.717, 1.165) is 41.9 Å². The Morgan fingerprint density at radius 3 is 2.96 bits per heavy atom. The number of furan rings is 1. The molecule has 0 radical (unpaired) electrons. The number of piperidine rings is 1. The molecule has 8 heteroatoms. The van der Waals surface area contributed by atoms with Gasteiger partial charge in [-0.05, 0) is 44.9 Å². The molecule has 0 bridgehead atoms. The zero-order chi connectivity index (χ0) is 19.8. The Hall–Kier alpha value is -2.48. The molecule has 1 fully saturated rings. The summed E-state index contributed by atoms with van der Waals surface area (Å²) in [7, 11) is 0. The fraction of sp³-hybridized carbons (Fsp3) is 0.350. The summed E-state index contributed by atoms with van der Waals surface area (Å²) in [5.41, 5.74) is 1.76. The van der Waals surface area contributed by atoms with Crippen LogP contribution in [-0.4, -0.2) is 29.0 Å². The number of carbonyl (C=O) groups is 1. The molecule has 1 amide bonds. The highest BCUT2D eigenvalue weighted by Crippen LogP contribution is 2.33. The van der Waals surface area contributed by atoms with Crippen LogP contribution < -0.4 is 10.2 Å². The molecule has 0 aliphatic carbocycles. The number of benzene rings is 1. The van der Waals surface area contributed by atoms with E-state index in [0.29, 0.717) is 16.7 Å². The quantitative estimate of drug-likeness (QED) is 0.636. The Labute approximate surface area is 170 Å². The second-order valence-corrected chi connectivity index (χ2v) is 7.97. The second-order valence-electron chi connectivity index (χ2n) is 7.06. The maximum Gasteiger partial charge on any atom is 0.231 e. The largest absolute Gasteiger partial charge is 0.443 e. The molecule has 0 saturated carbocycles. The van der Waals surface area contributed by atoms with Crippen molar-refractivity contribution < 1.29 is 13.6 Å². The van der Waals surface area contributed by atoms with Gasteiger partial charge in [-0.2, -0.15) is 0 Å². The van der Waals surface area contributed by atoms with E-state index in [-0.39, 0.29) is 17.5 Å². The number of fused-ring (bicyclic) bond motifs is 1. The topological polar surface area (TPSA) is 71.3 Å². The normalized spacial score (nSPS) is 17.1. The summed E-state index contributed by atoms with van der Waals surface area (Å²) in [4.78, 5) is 23.5. The van der Waals surface area contributed by atoms with Gasteiger partial charge >= 0.3 is 0 Å². The van der Waals surface area contributed by atoms with Crippen molar-refractivity contribution in [1.29, 1.82) is 0 Å². The number of nitrogens with one attached hydrogen (secondary N) is 1. The number of aryl methyl sites for hydroxylation is 2. The van der Waals surface area contributed by atoms with Crippen molar-refractivity contribution in [2.24, 2.45) is 5.92 Å². The average Bonchev–Trinajstić information content (AvgIpc) is 2.98. The van der Waals surface area contributed by atoms with Crippen molar-refractivity contribution in [3.05, 3.63) is 46.1 Å². The molecular formula is C20H20BrFN4O2. The van der Waals surface area contributed by atoms with Crippen LogP contribution in [-0.2, 0) is 4.79 Å². The van der Waals surface area contributed by atoms with E-state index in [9.17, 15) is 9.18 Å². The molecule has 4 rings (SSSR count). The summed E-state index contributed by atoms with van der Waals surface area (Å²) in [6.07, 6.45) is 3.08. The number of rotatable bonds is 3. The van der Waals surface area contributed by atoms with E-state index in [1.807, 2.05) is 13.8 Å². The average molecular weight is 447 g/mol. The van der Waals surface area contributed by atoms with Gasteiger partial charge in [-0.25, -0.2) is 14.4 Å². The number of anilines is 2. The molecule has 6 nitrogen and oxygen atoms in total. The van der Waals surface area contributed by atoms with Crippen LogP contribution in [0.25, 0.3) is 11.1 Å². The van der Waals surface area contributed by atoms with Crippen molar-refractivity contribution in [2.45, 2.75) is 26.7 Å². The van der Waals surface area contributed by atoms with Crippen LogP contribution in [0.3, 0.4) is 0 Å². The van der Waals surface area contributed by atoms with Crippen molar-refractivity contribution in [3.63, 3.8) is 0 Å². The summed E-state index contributed by atoms with van der Waals surface area (Å²) < 4.78 is 20.4. The third-order valence-corrected chi connectivity index (χ3v) is 5.72. The molecule has 1 aromatic carbocycles. The number of hydrogen-bond donors (Lipinski definition) is 1. The molecule has 1 atom stereocenters. The Morgan fingerprint density at radius 2 is 2.18 bits per heavy atom. The van der Waals surface area contributed by atoms with Crippen LogP contribution in [0.2, 0.25) is 0 Å². The summed E-state index contributed by atoms with van der Waals surface area (Å²) in [5, 5.41) is 3.61. The van der Waals surface area contributed by atoms with Crippen molar-refractivity contribution in [2.75, 3.05) is 23.3 Å². The van der Waals surface area contributed by atoms with E-state index >= 15 is 0 Å². The molecule has 0 unspecified atom stereocenters. The first kappa shape index (κ1) is 18.9. The van der Waals surface area contributed by atoms with E-state index < -0.39 is 5.82 Å². The van der Waals surface area contributed by atoms with Gasteiger partial charge in [0.25, 0.3) is 0 Å². The summed E-state index contributed by atoms with van der Waals surface area (Å²) in [6.45, 7) is 5.20. The zero-order valence-corrected chi connectivity index (χ0v) is 17.2. The standard InChI is InChI=1S/C20H20BrFN4O2/c1-11-12(2)28-20-17(11)18(23-10-24-20)26-7-3-4-13(9-26)19(27)25-16-6-5-14(21)8-15(16)22/h5-6,8,10,13H,3-4,7,9H2,1-2H3,(H,25,27)/t13-/m0/s1. The van der Waals surface area contributed by atoms with Gasteiger partial charge in [-0.1, -0.05) is 15.9 Å². The molecule has 1 aliphatic heterocycles. The lowest BCUT2D eigenvalue weighted by atomic mass is 9.96. The van der Waals surface area contributed by atoms with Crippen molar-refractivity contribution >= 4 is 44.4 Å². The van der Waals surface area contributed by atoms with Crippen LogP contribution in [0.15, 0.2) is 33.4 Å². The van der Waals surface area contributed by atoms with E-state index in [2.05, 4.69) is 36.1 Å². The Kier molecular flexibility index (Phi) is 5.05.